The predicted molar refractivity (Wildman–Crippen MR) is 188 cm³/mol. The molecule has 1 amide bonds. The molecule has 3 heterocycles. The first kappa shape index (κ1) is 41.2. The largest absolute Gasteiger partial charge is 0.456 e. The molecule has 0 aromatic carbocycles. The molecule has 0 aromatic heterocycles. The van der Waals surface area contributed by atoms with Gasteiger partial charge in [0.15, 0.2) is 11.9 Å². The van der Waals surface area contributed by atoms with Crippen molar-refractivity contribution in [3.05, 3.63) is 24.0 Å². The van der Waals surface area contributed by atoms with Crippen molar-refractivity contribution < 1.29 is 43.1 Å². The van der Waals surface area contributed by atoms with Crippen LogP contribution in [0.4, 0.5) is 4.79 Å². The summed E-state index contributed by atoms with van der Waals surface area (Å²) in [6, 6.07) is -0.0667. The minimum Gasteiger partial charge on any atom is -0.456 e. The number of rotatable bonds is 17. The monoisotopic (exact) mass is 694 g/mol. The lowest BCUT2D eigenvalue weighted by molar-refractivity contribution is -0.286. The number of carbonyl (C=O) groups is 2. The molecule has 0 bridgehead atoms. The molecule has 0 saturated carbocycles. The van der Waals surface area contributed by atoms with Gasteiger partial charge in [-0.1, -0.05) is 47.1 Å². The zero-order valence-electron chi connectivity index (χ0n) is 32.5. The first-order valence-electron chi connectivity index (χ1n) is 18.2. The van der Waals surface area contributed by atoms with Gasteiger partial charge in [0.05, 0.1) is 42.1 Å². The lowest BCUT2D eigenvalue weighted by atomic mass is 9.77. The lowest BCUT2D eigenvalue weighted by Crippen LogP contribution is -2.56. The van der Waals surface area contributed by atoms with Gasteiger partial charge >= 0.3 is 12.1 Å². The van der Waals surface area contributed by atoms with E-state index in [2.05, 4.69) is 65.5 Å². The molecule has 3 aliphatic heterocycles. The maximum absolute atomic E-state index is 13.0. The molecule has 2 N–H and O–H groups in total. The molecule has 0 spiro atoms. The van der Waals surface area contributed by atoms with Gasteiger partial charge in [-0.05, 0) is 79.3 Å². The van der Waals surface area contributed by atoms with E-state index < -0.39 is 53.5 Å². The van der Waals surface area contributed by atoms with Crippen LogP contribution in [0.25, 0.3) is 0 Å². The molecule has 0 aromatic rings. The predicted octanol–water partition coefficient (Wildman–Crippen LogP) is 6.33. The van der Waals surface area contributed by atoms with Crippen LogP contribution in [-0.2, 0) is 33.2 Å². The lowest BCUT2D eigenvalue weighted by Gasteiger charge is -2.48. The topological polar surface area (TPSA) is 125 Å². The van der Waals surface area contributed by atoms with Gasteiger partial charge in [0.25, 0.3) is 0 Å². The fraction of sp³-hybridized carbons (Fsp3) is 0.842. The highest BCUT2D eigenvalue weighted by Gasteiger charge is 2.52. The Balaban J connectivity index is 1.95. The summed E-state index contributed by atoms with van der Waals surface area (Å²) in [5.41, 5.74) is -1.44. The van der Waals surface area contributed by atoms with Gasteiger partial charge in [-0.2, -0.15) is 0 Å². The quantitative estimate of drug-likeness (QED) is 0.132. The molecule has 11 heteroatoms. The highest BCUT2D eigenvalue weighted by Crippen LogP contribution is 2.43. The number of nitrogens with one attached hydrogen (secondary N) is 1. The number of carbonyl (C=O) groups excluding carboxylic acids is 2. The molecular weight excluding hydrogens is 628 g/mol. The second-order valence-electron chi connectivity index (χ2n) is 16.1. The number of hydrogen-bond donors (Lipinski definition) is 2. The molecule has 12 atom stereocenters. The van der Waals surface area contributed by atoms with Crippen LogP contribution in [0.2, 0.25) is 0 Å². The van der Waals surface area contributed by atoms with Gasteiger partial charge in [-0.3, -0.25) is 0 Å². The molecule has 11 nitrogen and oxygen atoms in total. The molecular formula is C38H66N2O9. The van der Waals surface area contributed by atoms with Crippen LogP contribution in [0, 0.1) is 23.7 Å². The molecule has 3 aliphatic rings. The maximum atomic E-state index is 13.0. The number of aliphatic hydroxyl groups excluding tert-OH is 1. The minimum atomic E-state index is -1.13. The van der Waals surface area contributed by atoms with Crippen molar-refractivity contribution in [3.8, 4) is 0 Å². The third kappa shape index (κ3) is 9.58. The second-order valence-corrected chi connectivity index (χ2v) is 16.1. The fourth-order valence-corrected chi connectivity index (χ4v) is 8.22. The Bertz CT molecular complexity index is 1190. The zero-order valence-corrected chi connectivity index (χ0v) is 32.5. The Morgan fingerprint density at radius 3 is 2.37 bits per heavy atom. The maximum Gasteiger partial charge on any atom is 0.408 e. The Labute approximate surface area is 295 Å². The van der Waals surface area contributed by atoms with Crippen LogP contribution in [-0.4, -0.2) is 96.4 Å². The van der Waals surface area contributed by atoms with Crippen molar-refractivity contribution >= 4 is 12.1 Å². The van der Waals surface area contributed by atoms with Crippen molar-refractivity contribution in [1.82, 2.24) is 10.2 Å². The third-order valence-electron chi connectivity index (χ3n) is 11.0. The van der Waals surface area contributed by atoms with Gasteiger partial charge in [0, 0.05) is 31.7 Å². The van der Waals surface area contributed by atoms with Crippen molar-refractivity contribution in [3.63, 3.8) is 0 Å². The summed E-state index contributed by atoms with van der Waals surface area (Å²) in [6.45, 7) is 25.7. The number of aliphatic hydroxyl groups is 1. The number of nitrogens with zero attached hydrogens (tertiary/aromatic N) is 1. The first-order valence-corrected chi connectivity index (χ1v) is 18.2. The zero-order chi connectivity index (χ0) is 37.1. The number of amides is 1. The third-order valence-corrected chi connectivity index (χ3v) is 11.0. The Hall–Kier alpha value is -2.18. The summed E-state index contributed by atoms with van der Waals surface area (Å²) < 4.78 is 37.8. The minimum absolute atomic E-state index is 0.0110. The molecule has 0 aliphatic carbocycles. The summed E-state index contributed by atoms with van der Waals surface area (Å²) in [5, 5.41) is 13.7. The summed E-state index contributed by atoms with van der Waals surface area (Å²) in [6.07, 6.45) is 2.97. The average Bonchev–Trinajstić information content (AvgIpc) is 3.34. The standard InChI is InChI=1S/C38H66N2O9/c1-15-19-44-37(11,21-22(3)17-18-23(4)31-38(12,29(41)16-2)49-35(43)39-31)32(26(7)30-27(8)33(42)48-36(9,10)47-30)46-34-25(6)28(40(13)14)20-24(5)45-34/h15,22-26,28-29,31-32,34,41H,1,16-21H2,2-14H3,(H,39,43)/t22-,23-,24+,25+,26-,28?,29+,31+,32+,34-,37+,38+/m0/s1. The number of alkyl carbamates (subject to hydrolysis) is 1. The second kappa shape index (κ2) is 16.4. The van der Waals surface area contributed by atoms with E-state index in [1.54, 1.807) is 26.8 Å². The Morgan fingerprint density at radius 2 is 1.78 bits per heavy atom. The summed E-state index contributed by atoms with van der Waals surface area (Å²) in [7, 11) is 4.17. The molecule has 1 unspecified atom stereocenters. The molecule has 0 radical (unpaired) electrons. The van der Waals surface area contributed by atoms with Crippen LogP contribution in [0.3, 0.4) is 0 Å². The van der Waals surface area contributed by atoms with Crippen LogP contribution in [0.1, 0.15) is 108 Å². The number of cyclic esters (lactones) is 2. The SMILES string of the molecule is C=CCO[C@](C)(C[C@@H](C)CC[C@H](C)[C@H]1NC(=O)O[C@]1(C)[C@H](O)CC)[C@H](O[C@@H]1O[C@H](C)CC(N(C)C)[C@H]1C)[C@@H](C)C1=C(C)C(=O)OC(C)(C)O1. The Morgan fingerprint density at radius 1 is 1.12 bits per heavy atom. The van der Waals surface area contributed by atoms with Gasteiger partial charge in [0.1, 0.15) is 5.76 Å². The van der Waals surface area contributed by atoms with Gasteiger partial charge in [-0.15, -0.1) is 6.58 Å². The van der Waals surface area contributed by atoms with Gasteiger partial charge in [0.2, 0.25) is 5.79 Å². The van der Waals surface area contributed by atoms with E-state index in [0.717, 1.165) is 19.3 Å². The highest BCUT2D eigenvalue weighted by molar-refractivity contribution is 5.89. The summed E-state index contributed by atoms with van der Waals surface area (Å²) in [4.78, 5) is 27.5. The molecule has 2 fully saturated rings. The fourth-order valence-electron chi connectivity index (χ4n) is 8.22. The highest BCUT2D eigenvalue weighted by atomic mass is 16.7. The van der Waals surface area contributed by atoms with E-state index in [-0.39, 0.29) is 35.9 Å². The van der Waals surface area contributed by atoms with Crippen molar-refractivity contribution in [2.45, 2.75) is 162 Å². The van der Waals surface area contributed by atoms with E-state index in [0.29, 0.717) is 30.8 Å². The Kier molecular flexibility index (Phi) is 13.8. The number of ether oxygens (including phenoxy) is 6. The molecule has 282 valence electrons. The van der Waals surface area contributed by atoms with E-state index in [1.165, 1.54) is 0 Å². The van der Waals surface area contributed by atoms with Crippen molar-refractivity contribution in [1.29, 1.82) is 0 Å². The smallest absolute Gasteiger partial charge is 0.408 e. The van der Waals surface area contributed by atoms with Crippen molar-refractivity contribution in [2.75, 3.05) is 20.7 Å². The first-order chi connectivity index (χ1) is 22.7. The van der Waals surface area contributed by atoms with Crippen molar-refractivity contribution in [2.24, 2.45) is 23.7 Å². The number of esters is 1. The van der Waals surface area contributed by atoms with Gasteiger partial charge in [-0.25, -0.2) is 9.59 Å². The normalized spacial score (nSPS) is 33.0. The van der Waals surface area contributed by atoms with Crippen LogP contribution in [0.15, 0.2) is 24.0 Å². The molecule has 2 saturated heterocycles. The van der Waals surface area contributed by atoms with E-state index in [1.807, 2.05) is 20.8 Å². The van der Waals surface area contributed by atoms with Gasteiger partial charge < -0.3 is 43.7 Å². The number of hydrogen-bond acceptors (Lipinski definition) is 10. The van der Waals surface area contributed by atoms with E-state index in [4.69, 9.17) is 28.4 Å². The van der Waals surface area contributed by atoms with E-state index in [9.17, 15) is 14.7 Å². The van der Waals surface area contributed by atoms with Crippen LogP contribution < -0.4 is 5.32 Å². The van der Waals surface area contributed by atoms with Crippen LogP contribution >= 0.6 is 0 Å². The summed E-state index contributed by atoms with van der Waals surface area (Å²) in [5.74, 6) is -1.16. The molecule has 3 rings (SSSR count). The van der Waals surface area contributed by atoms with Crippen LogP contribution in [0.5, 0.6) is 0 Å². The van der Waals surface area contributed by atoms with E-state index >= 15 is 0 Å². The summed E-state index contributed by atoms with van der Waals surface area (Å²) >= 11 is 0. The molecule has 49 heavy (non-hydrogen) atoms. The average molecular weight is 695 g/mol.